The number of hydrogen-bond donors (Lipinski definition) is 1. The number of hydrogen-bond acceptors (Lipinski definition) is 1. The molecule has 4 saturated carbocycles. The second kappa shape index (κ2) is 5.06. The molecule has 0 aromatic heterocycles. The largest absolute Gasteiger partial charge is 0.381 e. The molecule has 0 aliphatic heterocycles. The Morgan fingerprint density at radius 3 is 2.14 bits per heavy atom. The van der Waals surface area contributed by atoms with E-state index >= 15 is 0 Å². The zero-order chi connectivity index (χ0) is 14.6. The summed E-state index contributed by atoms with van der Waals surface area (Å²) in [5.41, 5.74) is 1.53. The molecule has 4 fully saturated rings. The fraction of sp³-hybridized carbons (Fsp3) is 0.667. The van der Waals surface area contributed by atoms with Crippen LogP contribution in [0.1, 0.15) is 45.4 Å². The average Bonchev–Trinajstić information content (AvgIpc) is 2.40. The van der Waals surface area contributed by atoms with E-state index in [1.807, 2.05) is 18.2 Å². The monoisotopic (exact) mass is 323 g/mol. The highest BCUT2D eigenvalue weighted by Crippen LogP contribution is 2.61. The summed E-state index contributed by atoms with van der Waals surface area (Å²) in [6, 6.07) is 6.26. The van der Waals surface area contributed by atoms with E-state index in [1.54, 1.807) is 0 Å². The third-order valence-electron chi connectivity index (χ3n) is 6.31. The molecule has 1 aromatic rings. The molecule has 1 unspecified atom stereocenters. The van der Waals surface area contributed by atoms with E-state index in [0.717, 1.165) is 28.5 Å². The Kier molecular flexibility index (Phi) is 3.42. The summed E-state index contributed by atoms with van der Waals surface area (Å²) in [7, 11) is 0. The van der Waals surface area contributed by atoms with Crippen LogP contribution in [0.25, 0.3) is 0 Å². The molecule has 1 atom stereocenters. The minimum absolute atomic E-state index is 0.490. The van der Waals surface area contributed by atoms with E-state index in [2.05, 4.69) is 12.2 Å². The first-order chi connectivity index (χ1) is 10.0. The maximum atomic E-state index is 6.33. The summed E-state index contributed by atoms with van der Waals surface area (Å²) in [4.78, 5) is 0. The number of halogens is 2. The summed E-state index contributed by atoms with van der Waals surface area (Å²) in [5, 5.41) is 5.14. The first-order valence-electron chi connectivity index (χ1n) is 8.26. The van der Waals surface area contributed by atoms with Crippen LogP contribution in [0.3, 0.4) is 0 Å². The Balaban J connectivity index is 1.56. The normalized spacial score (nSPS) is 38.5. The standard InChI is InChI=1S/C18H23Cl2N/c1-11(21-17-3-2-15(19)7-16(17)20)18-8-12-4-13(9-18)6-14(5-12)10-18/h2-3,7,11-14,21H,4-6,8-10H2,1H3. The van der Waals surface area contributed by atoms with Crippen LogP contribution in [0, 0.1) is 23.2 Å². The van der Waals surface area contributed by atoms with Gasteiger partial charge in [-0.25, -0.2) is 0 Å². The lowest BCUT2D eigenvalue weighted by Crippen LogP contribution is -2.52. The summed E-state index contributed by atoms with van der Waals surface area (Å²) >= 11 is 12.3. The molecular weight excluding hydrogens is 301 g/mol. The molecule has 4 bridgehead atoms. The predicted molar refractivity (Wildman–Crippen MR) is 90.2 cm³/mol. The zero-order valence-electron chi connectivity index (χ0n) is 12.5. The maximum Gasteiger partial charge on any atom is 0.0652 e. The summed E-state index contributed by atoms with van der Waals surface area (Å²) < 4.78 is 0. The molecule has 21 heavy (non-hydrogen) atoms. The Labute approximate surface area is 137 Å². The van der Waals surface area contributed by atoms with E-state index in [9.17, 15) is 0 Å². The van der Waals surface area contributed by atoms with E-state index in [4.69, 9.17) is 23.2 Å². The molecule has 0 amide bonds. The lowest BCUT2D eigenvalue weighted by molar-refractivity contribution is -0.0602. The van der Waals surface area contributed by atoms with Gasteiger partial charge in [-0.2, -0.15) is 0 Å². The van der Waals surface area contributed by atoms with Gasteiger partial charge in [0.05, 0.1) is 10.7 Å². The number of anilines is 1. The van der Waals surface area contributed by atoms with Crippen molar-refractivity contribution in [2.45, 2.75) is 51.5 Å². The fourth-order valence-electron chi connectivity index (χ4n) is 5.70. The van der Waals surface area contributed by atoms with Gasteiger partial charge in [0.25, 0.3) is 0 Å². The van der Waals surface area contributed by atoms with Gasteiger partial charge in [0.15, 0.2) is 0 Å². The van der Waals surface area contributed by atoms with E-state index in [1.165, 1.54) is 38.5 Å². The van der Waals surface area contributed by atoms with Gasteiger partial charge in [-0.05, 0) is 86.8 Å². The summed E-state index contributed by atoms with van der Waals surface area (Å²) in [6.07, 6.45) is 8.73. The first kappa shape index (κ1) is 14.2. The number of nitrogens with one attached hydrogen (secondary N) is 1. The van der Waals surface area contributed by atoms with Gasteiger partial charge in [0.2, 0.25) is 0 Å². The Morgan fingerprint density at radius 2 is 1.62 bits per heavy atom. The molecule has 4 aliphatic rings. The van der Waals surface area contributed by atoms with Crippen LogP contribution in [0.4, 0.5) is 5.69 Å². The van der Waals surface area contributed by atoms with Gasteiger partial charge in [-0.15, -0.1) is 0 Å². The summed E-state index contributed by atoms with van der Waals surface area (Å²) in [5.74, 6) is 2.96. The lowest BCUT2D eigenvalue weighted by atomic mass is 9.48. The number of benzene rings is 1. The van der Waals surface area contributed by atoms with Crippen LogP contribution < -0.4 is 5.32 Å². The predicted octanol–water partition coefficient (Wildman–Crippen LogP) is 6.01. The van der Waals surface area contributed by atoms with Crippen molar-refractivity contribution in [2.75, 3.05) is 5.32 Å². The van der Waals surface area contributed by atoms with Crippen LogP contribution in [0.5, 0.6) is 0 Å². The van der Waals surface area contributed by atoms with E-state index in [0.29, 0.717) is 16.5 Å². The minimum Gasteiger partial charge on any atom is -0.381 e. The van der Waals surface area contributed by atoms with Crippen molar-refractivity contribution in [3.8, 4) is 0 Å². The SMILES string of the molecule is CC(Nc1ccc(Cl)cc1Cl)C12CC3CC(CC(C3)C1)C2. The Hall–Kier alpha value is -0.400. The highest BCUT2D eigenvalue weighted by Gasteiger charge is 2.53. The average molecular weight is 324 g/mol. The molecule has 114 valence electrons. The highest BCUT2D eigenvalue weighted by molar-refractivity contribution is 6.36. The first-order valence-corrected chi connectivity index (χ1v) is 9.01. The van der Waals surface area contributed by atoms with E-state index in [-0.39, 0.29) is 0 Å². The van der Waals surface area contributed by atoms with Gasteiger partial charge in [0, 0.05) is 11.1 Å². The van der Waals surface area contributed by atoms with Crippen LogP contribution in [0.2, 0.25) is 10.0 Å². The van der Waals surface area contributed by atoms with Crippen LogP contribution in [-0.2, 0) is 0 Å². The van der Waals surface area contributed by atoms with Crippen LogP contribution in [0.15, 0.2) is 18.2 Å². The highest BCUT2D eigenvalue weighted by atomic mass is 35.5. The molecule has 0 radical (unpaired) electrons. The van der Waals surface area contributed by atoms with Crippen molar-refractivity contribution in [2.24, 2.45) is 23.2 Å². The van der Waals surface area contributed by atoms with Crippen molar-refractivity contribution in [3.63, 3.8) is 0 Å². The molecule has 0 heterocycles. The molecule has 5 rings (SSSR count). The second-order valence-electron chi connectivity index (χ2n) is 7.77. The Morgan fingerprint density at radius 1 is 1.05 bits per heavy atom. The van der Waals surface area contributed by atoms with Crippen molar-refractivity contribution in [1.82, 2.24) is 0 Å². The molecule has 1 N–H and O–H groups in total. The van der Waals surface area contributed by atoms with Crippen molar-refractivity contribution >= 4 is 28.9 Å². The maximum absolute atomic E-state index is 6.33. The van der Waals surface area contributed by atoms with Gasteiger partial charge in [-0.1, -0.05) is 23.2 Å². The molecule has 1 aromatic carbocycles. The smallest absolute Gasteiger partial charge is 0.0652 e. The van der Waals surface area contributed by atoms with Gasteiger partial charge in [-0.3, -0.25) is 0 Å². The number of rotatable bonds is 3. The zero-order valence-corrected chi connectivity index (χ0v) is 14.1. The molecular formula is C18H23Cl2N. The minimum atomic E-state index is 0.490. The van der Waals surface area contributed by atoms with Gasteiger partial charge in [0.1, 0.15) is 0 Å². The van der Waals surface area contributed by atoms with Gasteiger partial charge < -0.3 is 5.32 Å². The van der Waals surface area contributed by atoms with Crippen molar-refractivity contribution < 1.29 is 0 Å². The lowest BCUT2D eigenvalue weighted by Gasteiger charge is -2.59. The third-order valence-corrected chi connectivity index (χ3v) is 6.86. The fourth-order valence-corrected chi connectivity index (χ4v) is 6.16. The van der Waals surface area contributed by atoms with Gasteiger partial charge >= 0.3 is 0 Å². The quantitative estimate of drug-likeness (QED) is 0.718. The van der Waals surface area contributed by atoms with E-state index < -0.39 is 0 Å². The summed E-state index contributed by atoms with van der Waals surface area (Å²) in [6.45, 7) is 2.36. The molecule has 1 nitrogen and oxygen atoms in total. The topological polar surface area (TPSA) is 12.0 Å². The molecule has 3 heteroatoms. The van der Waals surface area contributed by atoms with Crippen LogP contribution >= 0.6 is 23.2 Å². The molecule has 0 saturated heterocycles. The molecule has 4 aliphatic carbocycles. The molecule has 0 spiro atoms. The van der Waals surface area contributed by atoms with Crippen molar-refractivity contribution in [1.29, 1.82) is 0 Å². The van der Waals surface area contributed by atoms with Crippen molar-refractivity contribution in [3.05, 3.63) is 28.2 Å². The third kappa shape index (κ3) is 2.47. The second-order valence-corrected chi connectivity index (χ2v) is 8.61. The van der Waals surface area contributed by atoms with Crippen LogP contribution in [-0.4, -0.2) is 6.04 Å². The Bertz CT molecular complexity index is 519.